The maximum Gasteiger partial charge on any atom is 0.306 e. The van der Waals surface area contributed by atoms with Crippen molar-refractivity contribution in [2.75, 3.05) is 6.61 Å². The molecule has 0 radical (unpaired) electrons. The van der Waals surface area contributed by atoms with Crippen LogP contribution in [0.4, 0.5) is 0 Å². The number of allylic oxidation sites excluding steroid dienone is 8. The first-order valence-electron chi connectivity index (χ1n) is 24.4. The Morgan fingerprint density at radius 1 is 0.526 bits per heavy atom. The van der Waals surface area contributed by atoms with Crippen LogP contribution in [-0.4, -0.2) is 46.9 Å². The molecule has 332 valence electrons. The Morgan fingerprint density at radius 2 is 0.947 bits per heavy atom. The Balaban J connectivity index is 4.55. The Bertz CT molecular complexity index is 988. The molecule has 0 aromatic heterocycles. The largest absolute Gasteiger partial charge is 0.462 e. The molecule has 6 nitrogen and oxygen atoms in total. The number of ether oxygens (including phenoxy) is 1. The third kappa shape index (κ3) is 40.4. The number of rotatable bonds is 43. The zero-order valence-electron chi connectivity index (χ0n) is 37.7. The summed E-state index contributed by atoms with van der Waals surface area (Å²) in [6.45, 7) is 6.33. The number of nitrogens with one attached hydrogen (secondary N) is 1. The minimum atomic E-state index is -0.792. The summed E-state index contributed by atoms with van der Waals surface area (Å²) < 4.78 is 5.90. The fourth-order valence-electron chi connectivity index (χ4n) is 7.20. The smallest absolute Gasteiger partial charge is 0.306 e. The zero-order valence-corrected chi connectivity index (χ0v) is 37.7. The lowest BCUT2D eigenvalue weighted by molar-refractivity contribution is -0.151. The molecule has 3 atom stereocenters. The van der Waals surface area contributed by atoms with Crippen molar-refractivity contribution in [2.45, 2.75) is 257 Å². The van der Waals surface area contributed by atoms with Gasteiger partial charge in [0.15, 0.2) is 0 Å². The second kappa shape index (κ2) is 44.9. The van der Waals surface area contributed by atoms with Crippen LogP contribution >= 0.6 is 0 Å². The summed E-state index contributed by atoms with van der Waals surface area (Å²) in [5.74, 6) is -0.504. The normalized spacial score (nSPS) is 13.7. The molecule has 0 aliphatic carbocycles. The van der Waals surface area contributed by atoms with Gasteiger partial charge < -0.3 is 20.3 Å². The van der Waals surface area contributed by atoms with Crippen LogP contribution in [0.2, 0.25) is 0 Å². The second-order valence-electron chi connectivity index (χ2n) is 16.5. The monoisotopic (exact) mass is 800 g/mol. The van der Waals surface area contributed by atoms with Gasteiger partial charge in [0.25, 0.3) is 0 Å². The number of hydrogen-bond acceptors (Lipinski definition) is 5. The third-order valence-electron chi connectivity index (χ3n) is 10.9. The molecule has 0 heterocycles. The molecule has 0 aromatic carbocycles. The van der Waals surface area contributed by atoms with Gasteiger partial charge in [-0.05, 0) is 83.5 Å². The minimum Gasteiger partial charge on any atom is -0.462 e. The highest BCUT2D eigenvalue weighted by atomic mass is 16.5. The quantitative estimate of drug-likeness (QED) is 0.0324. The first kappa shape index (κ1) is 54.8. The van der Waals surface area contributed by atoms with Crippen LogP contribution in [0.1, 0.15) is 239 Å². The van der Waals surface area contributed by atoms with E-state index in [1.54, 1.807) is 0 Å². The zero-order chi connectivity index (χ0) is 41.7. The van der Waals surface area contributed by atoms with Crippen LogP contribution in [0.3, 0.4) is 0 Å². The summed E-state index contributed by atoms with van der Waals surface area (Å²) >= 11 is 0. The lowest BCUT2D eigenvalue weighted by atomic mass is 10.0. The van der Waals surface area contributed by atoms with Gasteiger partial charge >= 0.3 is 5.97 Å². The van der Waals surface area contributed by atoms with Crippen LogP contribution in [0.15, 0.2) is 48.6 Å². The third-order valence-corrected chi connectivity index (χ3v) is 10.9. The molecule has 0 aromatic rings. The van der Waals surface area contributed by atoms with E-state index in [-0.39, 0.29) is 24.9 Å². The Hall–Kier alpha value is -2.18. The molecular weight excluding hydrogens is 707 g/mol. The molecule has 57 heavy (non-hydrogen) atoms. The molecule has 0 rings (SSSR count). The second-order valence-corrected chi connectivity index (χ2v) is 16.5. The highest BCUT2D eigenvalue weighted by molar-refractivity contribution is 5.77. The number of aliphatic hydroxyl groups is 2. The number of aliphatic hydroxyl groups excluding tert-OH is 2. The molecule has 0 bridgehead atoms. The molecular formula is C51H93NO5. The highest BCUT2D eigenvalue weighted by Gasteiger charge is 2.24. The molecule has 0 saturated heterocycles. The maximum atomic E-state index is 13.1. The summed E-state index contributed by atoms with van der Waals surface area (Å²) in [5.41, 5.74) is 0. The number of amides is 1. The maximum absolute atomic E-state index is 13.1. The molecule has 0 saturated carbocycles. The number of unbranched alkanes of at least 4 members (excludes halogenated alkanes) is 23. The lowest BCUT2D eigenvalue weighted by Gasteiger charge is -2.24. The average molecular weight is 800 g/mol. The van der Waals surface area contributed by atoms with Crippen molar-refractivity contribution in [1.82, 2.24) is 5.32 Å². The van der Waals surface area contributed by atoms with E-state index in [0.717, 1.165) is 96.3 Å². The van der Waals surface area contributed by atoms with Gasteiger partial charge in [0.2, 0.25) is 5.91 Å². The lowest BCUT2D eigenvalue weighted by Crippen LogP contribution is -2.46. The van der Waals surface area contributed by atoms with Gasteiger partial charge in [-0.2, -0.15) is 0 Å². The van der Waals surface area contributed by atoms with Crippen LogP contribution in [0.5, 0.6) is 0 Å². The van der Waals surface area contributed by atoms with E-state index in [4.69, 9.17) is 4.74 Å². The number of carbonyl (C=O) groups is 2. The van der Waals surface area contributed by atoms with Gasteiger partial charge in [-0.15, -0.1) is 0 Å². The van der Waals surface area contributed by atoms with Crippen LogP contribution in [0.25, 0.3) is 0 Å². The van der Waals surface area contributed by atoms with E-state index < -0.39 is 18.2 Å². The van der Waals surface area contributed by atoms with E-state index in [0.29, 0.717) is 19.3 Å². The summed E-state index contributed by atoms with van der Waals surface area (Å²) in [5, 5.41) is 23.7. The van der Waals surface area contributed by atoms with Crippen molar-refractivity contribution in [3.63, 3.8) is 0 Å². The van der Waals surface area contributed by atoms with Gasteiger partial charge in [0.1, 0.15) is 6.10 Å². The van der Waals surface area contributed by atoms with E-state index in [2.05, 4.69) is 74.7 Å². The van der Waals surface area contributed by atoms with Crippen LogP contribution in [0, 0.1) is 0 Å². The molecule has 6 heteroatoms. The van der Waals surface area contributed by atoms with E-state index in [1.165, 1.54) is 96.3 Å². The summed E-state index contributed by atoms with van der Waals surface area (Å²) in [4.78, 5) is 26.0. The van der Waals surface area contributed by atoms with E-state index >= 15 is 0 Å². The SMILES string of the molecule is CC/C=C/C/C=C/C/C=C/CCCCCCCCC(=O)OC(CCCCC/C=C\CCCCC)CC(=O)NC(CO)C(O)CCCCCCCCCCCCCC. The van der Waals surface area contributed by atoms with Crippen molar-refractivity contribution in [1.29, 1.82) is 0 Å². The fourth-order valence-corrected chi connectivity index (χ4v) is 7.20. The van der Waals surface area contributed by atoms with Crippen molar-refractivity contribution in [3.8, 4) is 0 Å². The number of esters is 1. The average Bonchev–Trinajstić information content (AvgIpc) is 3.20. The summed E-state index contributed by atoms with van der Waals surface area (Å²) in [7, 11) is 0. The van der Waals surface area contributed by atoms with E-state index in [1.807, 2.05) is 0 Å². The van der Waals surface area contributed by atoms with Crippen LogP contribution < -0.4 is 5.32 Å². The van der Waals surface area contributed by atoms with Gasteiger partial charge in [0, 0.05) is 6.42 Å². The first-order chi connectivity index (χ1) is 28.0. The number of carbonyl (C=O) groups excluding carboxylic acids is 2. The van der Waals surface area contributed by atoms with Crippen molar-refractivity contribution in [2.24, 2.45) is 0 Å². The molecule has 1 amide bonds. The van der Waals surface area contributed by atoms with Gasteiger partial charge in [-0.25, -0.2) is 0 Å². The Kier molecular flexibility index (Phi) is 43.2. The predicted octanol–water partition coefficient (Wildman–Crippen LogP) is 14.3. The van der Waals surface area contributed by atoms with E-state index in [9.17, 15) is 19.8 Å². The van der Waals surface area contributed by atoms with Gasteiger partial charge in [-0.1, -0.05) is 191 Å². The fraction of sp³-hybridized carbons (Fsp3) is 0.804. The molecule has 0 spiro atoms. The van der Waals surface area contributed by atoms with Gasteiger partial charge in [0.05, 0.1) is 25.2 Å². The standard InChI is InChI=1S/C51H93NO5/c1-4-7-10-13-16-19-22-24-25-26-27-29-32-35-38-41-44-51(56)57-47(42-39-36-33-30-21-18-15-12-9-6-3)45-50(55)52-48(46-53)49(54)43-40-37-34-31-28-23-20-17-14-11-8-5-2/h7,10,16,18-19,21,24-25,47-49,53-54H,4-6,8-9,11-15,17,20,22-23,26-46H2,1-3H3,(H,52,55)/b10-7+,19-16+,21-18-,25-24+. The summed E-state index contributed by atoms with van der Waals surface area (Å²) in [6.07, 6.45) is 53.1. The molecule has 3 unspecified atom stereocenters. The first-order valence-corrected chi connectivity index (χ1v) is 24.4. The molecule has 0 aliphatic heterocycles. The Labute approximate surface area is 353 Å². The predicted molar refractivity (Wildman–Crippen MR) is 245 cm³/mol. The molecule has 0 fully saturated rings. The van der Waals surface area contributed by atoms with Crippen molar-refractivity contribution >= 4 is 11.9 Å². The summed E-state index contributed by atoms with van der Waals surface area (Å²) in [6, 6.07) is -0.707. The molecule has 0 aliphatic rings. The minimum absolute atomic E-state index is 0.0614. The van der Waals surface area contributed by atoms with Gasteiger partial charge in [-0.3, -0.25) is 9.59 Å². The van der Waals surface area contributed by atoms with Crippen LogP contribution in [-0.2, 0) is 14.3 Å². The van der Waals surface area contributed by atoms with Crippen molar-refractivity contribution in [3.05, 3.63) is 48.6 Å². The topological polar surface area (TPSA) is 95.9 Å². The highest BCUT2D eigenvalue weighted by Crippen LogP contribution is 2.17. The number of hydrogen-bond donors (Lipinski definition) is 3. The van der Waals surface area contributed by atoms with Crippen molar-refractivity contribution < 1.29 is 24.5 Å². The molecule has 3 N–H and O–H groups in total. The Morgan fingerprint density at radius 3 is 1.51 bits per heavy atom.